The first kappa shape index (κ1) is 26.7. The van der Waals surface area contributed by atoms with Crippen LogP contribution >= 0.6 is 15.9 Å². The Hall–Kier alpha value is -3.32. The third-order valence-electron chi connectivity index (χ3n) is 6.18. The molecular weight excluding hydrogens is 532 g/mol. The number of aryl methyl sites for hydroxylation is 1. The number of hydrogen-bond donors (Lipinski definition) is 1. The van der Waals surface area contributed by atoms with Crippen molar-refractivity contribution in [2.24, 2.45) is 0 Å². The largest absolute Gasteiger partial charge is 0.486 e. The first-order valence-electron chi connectivity index (χ1n) is 12.7. The fourth-order valence-corrected chi connectivity index (χ4v) is 4.85. The average molecular weight is 566 g/mol. The van der Waals surface area contributed by atoms with Gasteiger partial charge in [-0.3, -0.25) is 9.59 Å². The number of fused-ring (bicyclic) bond motifs is 1. The highest BCUT2D eigenvalue weighted by atomic mass is 79.9. The van der Waals surface area contributed by atoms with Gasteiger partial charge in [0.1, 0.15) is 19.3 Å². The van der Waals surface area contributed by atoms with Crippen molar-refractivity contribution in [3.05, 3.63) is 94.0 Å². The van der Waals surface area contributed by atoms with E-state index in [9.17, 15) is 9.59 Å². The topological polar surface area (TPSA) is 67.9 Å². The zero-order chi connectivity index (χ0) is 26.2. The van der Waals surface area contributed by atoms with Gasteiger partial charge in [0.2, 0.25) is 11.8 Å². The summed E-state index contributed by atoms with van der Waals surface area (Å²) in [5.74, 6) is 1.21. The maximum Gasteiger partial charge on any atom is 0.243 e. The minimum atomic E-state index is -0.642. The quantitative estimate of drug-likeness (QED) is 0.362. The van der Waals surface area contributed by atoms with Crippen molar-refractivity contribution in [1.29, 1.82) is 0 Å². The van der Waals surface area contributed by atoms with E-state index in [0.29, 0.717) is 38.3 Å². The van der Waals surface area contributed by atoms with E-state index >= 15 is 0 Å². The van der Waals surface area contributed by atoms with Crippen LogP contribution in [0.15, 0.2) is 77.3 Å². The molecule has 1 N–H and O–H groups in total. The molecule has 2 amide bonds. The molecule has 1 aliphatic heterocycles. The third kappa shape index (κ3) is 7.59. The molecule has 1 heterocycles. The molecule has 0 saturated carbocycles. The minimum Gasteiger partial charge on any atom is -0.486 e. The molecule has 1 atom stereocenters. The van der Waals surface area contributed by atoms with Crippen molar-refractivity contribution in [3.63, 3.8) is 0 Å². The standard InChI is InChI=1S/C30H33BrN2O4/c1-21(2)32-30(35)26(18-22-7-4-3-5-8-22)33(20-24-9-6-10-25(31)17-24)29(34)14-12-23-11-13-27-28(19-23)37-16-15-36-27/h3-11,13,17,19,21,26H,12,14-16,18,20H2,1-2H3,(H,32,35)/t26-/m1/s1. The molecule has 1 aliphatic rings. The van der Waals surface area contributed by atoms with Crippen LogP contribution in [0.4, 0.5) is 0 Å². The third-order valence-corrected chi connectivity index (χ3v) is 6.67. The van der Waals surface area contributed by atoms with Gasteiger partial charge in [0.15, 0.2) is 11.5 Å². The number of nitrogens with one attached hydrogen (secondary N) is 1. The molecule has 37 heavy (non-hydrogen) atoms. The van der Waals surface area contributed by atoms with Gasteiger partial charge in [-0.2, -0.15) is 0 Å². The van der Waals surface area contributed by atoms with Crippen LogP contribution < -0.4 is 14.8 Å². The van der Waals surface area contributed by atoms with Crippen molar-refractivity contribution in [2.75, 3.05) is 13.2 Å². The molecule has 3 aromatic rings. The van der Waals surface area contributed by atoms with Gasteiger partial charge in [0.25, 0.3) is 0 Å². The van der Waals surface area contributed by atoms with Gasteiger partial charge in [-0.25, -0.2) is 0 Å². The highest BCUT2D eigenvalue weighted by molar-refractivity contribution is 9.10. The number of halogens is 1. The fraction of sp³-hybridized carbons (Fsp3) is 0.333. The van der Waals surface area contributed by atoms with E-state index in [1.807, 2.05) is 86.6 Å². The zero-order valence-corrected chi connectivity index (χ0v) is 22.9. The summed E-state index contributed by atoms with van der Waals surface area (Å²) in [6, 6.07) is 22.8. The summed E-state index contributed by atoms with van der Waals surface area (Å²) >= 11 is 3.53. The second-order valence-electron chi connectivity index (χ2n) is 9.50. The molecule has 0 aliphatic carbocycles. The molecule has 0 radical (unpaired) electrons. The SMILES string of the molecule is CC(C)NC(=O)[C@@H](Cc1ccccc1)N(Cc1cccc(Br)c1)C(=O)CCc1ccc2c(c1)OCCO2. The zero-order valence-electron chi connectivity index (χ0n) is 21.3. The fourth-order valence-electron chi connectivity index (χ4n) is 4.40. The van der Waals surface area contributed by atoms with Crippen LogP contribution in [0.5, 0.6) is 11.5 Å². The Balaban J connectivity index is 1.59. The highest BCUT2D eigenvalue weighted by Crippen LogP contribution is 2.31. The van der Waals surface area contributed by atoms with E-state index in [-0.39, 0.29) is 24.3 Å². The Morgan fingerprint density at radius 1 is 0.892 bits per heavy atom. The number of rotatable bonds is 10. The highest BCUT2D eigenvalue weighted by Gasteiger charge is 2.30. The van der Waals surface area contributed by atoms with E-state index < -0.39 is 6.04 Å². The summed E-state index contributed by atoms with van der Waals surface area (Å²) in [5, 5.41) is 3.03. The molecule has 0 fully saturated rings. The van der Waals surface area contributed by atoms with Crippen molar-refractivity contribution in [2.45, 2.75) is 51.7 Å². The van der Waals surface area contributed by atoms with Crippen LogP contribution in [0, 0.1) is 0 Å². The number of benzene rings is 3. The second kappa shape index (κ2) is 12.8. The van der Waals surface area contributed by atoms with Crippen LogP contribution in [0.2, 0.25) is 0 Å². The van der Waals surface area contributed by atoms with Crippen molar-refractivity contribution >= 4 is 27.7 Å². The number of carbonyl (C=O) groups is 2. The Morgan fingerprint density at radius 3 is 2.35 bits per heavy atom. The summed E-state index contributed by atoms with van der Waals surface area (Å²) < 4.78 is 12.3. The molecule has 0 spiro atoms. The van der Waals surface area contributed by atoms with Crippen LogP contribution in [-0.2, 0) is 29.0 Å². The van der Waals surface area contributed by atoms with Gasteiger partial charge >= 0.3 is 0 Å². The molecule has 194 valence electrons. The number of ether oxygens (including phenoxy) is 2. The first-order chi connectivity index (χ1) is 17.9. The first-order valence-corrected chi connectivity index (χ1v) is 13.4. The van der Waals surface area contributed by atoms with Crippen LogP contribution in [-0.4, -0.2) is 42.0 Å². The van der Waals surface area contributed by atoms with Crippen LogP contribution in [0.25, 0.3) is 0 Å². The predicted octanol–water partition coefficient (Wildman–Crippen LogP) is 5.32. The van der Waals surface area contributed by atoms with E-state index in [4.69, 9.17) is 9.47 Å². The summed E-state index contributed by atoms with van der Waals surface area (Å²) in [6.07, 6.45) is 1.24. The Kier molecular flexibility index (Phi) is 9.23. The van der Waals surface area contributed by atoms with E-state index in [0.717, 1.165) is 26.9 Å². The molecule has 0 unspecified atom stereocenters. The van der Waals surface area contributed by atoms with E-state index in [1.165, 1.54) is 0 Å². The lowest BCUT2D eigenvalue weighted by Crippen LogP contribution is -2.51. The van der Waals surface area contributed by atoms with Crippen molar-refractivity contribution in [3.8, 4) is 11.5 Å². The van der Waals surface area contributed by atoms with Gasteiger partial charge in [0, 0.05) is 29.9 Å². The number of carbonyl (C=O) groups excluding carboxylic acids is 2. The number of nitrogens with zero attached hydrogens (tertiary/aromatic N) is 1. The van der Waals surface area contributed by atoms with Gasteiger partial charge < -0.3 is 19.7 Å². The van der Waals surface area contributed by atoms with Crippen LogP contribution in [0.1, 0.15) is 37.0 Å². The smallest absolute Gasteiger partial charge is 0.243 e. The van der Waals surface area contributed by atoms with E-state index in [1.54, 1.807) is 4.90 Å². The van der Waals surface area contributed by atoms with Crippen LogP contribution in [0.3, 0.4) is 0 Å². The summed E-state index contributed by atoms with van der Waals surface area (Å²) in [4.78, 5) is 29.0. The molecule has 4 rings (SSSR count). The molecule has 0 bridgehead atoms. The lowest BCUT2D eigenvalue weighted by atomic mass is 10.0. The molecule has 6 nitrogen and oxygen atoms in total. The molecular formula is C30H33BrN2O4. The maximum absolute atomic E-state index is 13.8. The monoisotopic (exact) mass is 564 g/mol. The lowest BCUT2D eigenvalue weighted by Gasteiger charge is -2.32. The maximum atomic E-state index is 13.8. The Labute approximate surface area is 227 Å². The average Bonchev–Trinajstić information content (AvgIpc) is 2.89. The number of amides is 2. The van der Waals surface area contributed by atoms with Gasteiger partial charge in [-0.1, -0.05) is 64.5 Å². The normalized spacial score (nSPS) is 13.2. The van der Waals surface area contributed by atoms with Crippen molar-refractivity contribution < 1.29 is 19.1 Å². The predicted molar refractivity (Wildman–Crippen MR) is 148 cm³/mol. The Morgan fingerprint density at radius 2 is 1.62 bits per heavy atom. The molecule has 0 aromatic heterocycles. The van der Waals surface area contributed by atoms with E-state index in [2.05, 4.69) is 21.2 Å². The summed E-state index contributed by atoms with van der Waals surface area (Å²) in [5.41, 5.74) is 2.95. The lowest BCUT2D eigenvalue weighted by molar-refractivity contribution is -0.141. The van der Waals surface area contributed by atoms with Crippen molar-refractivity contribution in [1.82, 2.24) is 10.2 Å². The summed E-state index contributed by atoms with van der Waals surface area (Å²) in [7, 11) is 0. The second-order valence-corrected chi connectivity index (χ2v) is 10.4. The number of hydrogen-bond acceptors (Lipinski definition) is 4. The molecule has 3 aromatic carbocycles. The molecule has 0 saturated heterocycles. The Bertz CT molecular complexity index is 1220. The van der Waals surface area contributed by atoms with Gasteiger partial charge in [0.05, 0.1) is 0 Å². The minimum absolute atomic E-state index is 0.0358. The summed E-state index contributed by atoms with van der Waals surface area (Å²) in [6.45, 7) is 5.25. The van der Waals surface area contributed by atoms with Gasteiger partial charge in [-0.15, -0.1) is 0 Å². The van der Waals surface area contributed by atoms with Gasteiger partial charge in [-0.05, 0) is 61.2 Å². The molecule has 7 heteroatoms.